The van der Waals surface area contributed by atoms with Gasteiger partial charge in [0, 0.05) is 37.4 Å². The van der Waals surface area contributed by atoms with Crippen LogP contribution in [0.5, 0.6) is 0 Å². The Morgan fingerprint density at radius 1 is 1.24 bits per heavy atom. The number of hydrogen-bond donors (Lipinski definition) is 1. The van der Waals surface area contributed by atoms with Gasteiger partial charge in [-0.2, -0.15) is 17.0 Å². The molecule has 1 aromatic carbocycles. The van der Waals surface area contributed by atoms with Gasteiger partial charge in [-0.25, -0.2) is 0 Å². The molecule has 0 spiro atoms. The first-order valence-electron chi connectivity index (χ1n) is 7.16. The van der Waals surface area contributed by atoms with E-state index in [2.05, 4.69) is 0 Å². The van der Waals surface area contributed by atoms with Crippen molar-refractivity contribution in [3.63, 3.8) is 0 Å². The Labute approximate surface area is 131 Å². The number of nitrogens with zero attached hydrogens (tertiary/aromatic N) is 2. The molecule has 21 heavy (non-hydrogen) atoms. The van der Waals surface area contributed by atoms with Crippen molar-refractivity contribution in [1.29, 1.82) is 0 Å². The molecule has 5 nitrogen and oxygen atoms in total. The number of halogens is 1. The molecule has 0 saturated carbocycles. The van der Waals surface area contributed by atoms with E-state index in [-0.39, 0.29) is 6.54 Å². The van der Waals surface area contributed by atoms with Crippen LogP contribution in [0.2, 0.25) is 5.02 Å². The quantitative estimate of drug-likeness (QED) is 0.862. The third kappa shape index (κ3) is 4.10. The van der Waals surface area contributed by atoms with Crippen molar-refractivity contribution in [3.05, 3.63) is 28.8 Å². The van der Waals surface area contributed by atoms with E-state index in [0.29, 0.717) is 23.8 Å². The van der Waals surface area contributed by atoms with Crippen molar-refractivity contribution >= 4 is 27.5 Å². The molecule has 0 radical (unpaired) electrons. The first kappa shape index (κ1) is 16.5. The van der Waals surface area contributed by atoms with Gasteiger partial charge in [-0.15, -0.1) is 0 Å². The first-order chi connectivity index (χ1) is 9.91. The van der Waals surface area contributed by atoms with Gasteiger partial charge in [-0.3, -0.25) is 0 Å². The van der Waals surface area contributed by atoms with Crippen molar-refractivity contribution < 1.29 is 8.42 Å². The van der Waals surface area contributed by atoms with Crippen LogP contribution in [0, 0.1) is 0 Å². The van der Waals surface area contributed by atoms with Crippen LogP contribution in [-0.2, 0) is 16.8 Å². The van der Waals surface area contributed by atoms with Gasteiger partial charge in [0.2, 0.25) is 0 Å². The van der Waals surface area contributed by atoms with E-state index in [1.54, 1.807) is 29.6 Å². The summed E-state index contributed by atoms with van der Waals surface area (Å²) in [6.07, 6.45) is 4.03. The monoisotopic (exact) mass is 331 g/mol. The highest BCUT2D eigenvalue weighted by molar-refractivity contribution is 7.86. The topological polar surface area (TPSA) is 66.6 Å². The van der Waals surface area contributed by atoms with Crippen LogP contribution in [0.25, 0.3) is 0 Å². The Balaban J connectivity index is 2.14. The van der Waals surface area contributed by atoms with E-state index in [1.165, 1.54) is 4.31 Å². The lowest BCUT2D eigenvalue weighted by molar-refractivity contribution is 0.363. The highest BCUT2D eigenvalue weighted by Crippen LogP contribution is 2.23. The molecule has 0 aromatic heterocycles. The molecule has 0 aliphatic carbocycles. The lowest BCUT2D eigenvalue weighted by atomic mass is 10.2. The number of benzene rings is 1. The predicted molar refractivity (Wildman–Crippen MR) is 86.3 cm³/mol. The lowest BCUT2D eigenvalue weighted by Crippen LogP contribution is -2.42. The lowest BCUT2D eigenvalue weighted by Gasteiger charge is -2.26. The molecule has 1 saturated heterocycles. The van der Waals surface area contributed by atoms with Crippen LogP contribution in [0.1, 0.15) is 31.2 Å². The summed E-state index contributed by atoms with van der Waals surface area (Å²) in [7, 11) is -1.86. The summed E-state index contributed by atoms with van der Waals surface area (Å²) in [6, 6.07) is 5.12. The van der Waals surface area contributed by atoms with E-state index < -0.39 is 10.2 Å². The zero-order valence-corrected chi connectivity index (χ0v) is 13.8. The van der Waals surface area contributed by atoms with Crippen LogP contribution in [0.3, 0.4) is 0 Å². The van der Waals surface area contributed by atoms with E-state index in [4.69, 9.17) is 17.3 Å². The number of nitrogen functional groups attached to an aromatic ring is 1. The van der Waals surface area contributed by atoms with Gasteiger partial charge in [0.05, 0.1) is 0 Å². The van der Waals surface area contributed by atoms with Gasteiger partial charge in [0.1, 0.15) is 0 Å². The van der Waals surface area contributed by atoms with Crippen molar-refractivity contribution in [2.75, 3.05) is 25.9 Å². The third-order valence-corrected chi connectivity index (χ3v) is 6.05. The normalized spacial score (nSPS) is 17.9. The van der Waals surface area contributed by atoms with Crippen LogP contribution < -0.4 is 5.73 Å². The first-order valence-corrected chi connectivity index (χ1v) is 8.94. The Bertz CT molecular complexity index is 584. The second-order valence-electron chi connectivity index (χ2n) is 5.43. The molecule has 1 aliphatic heterocycles. The largest absolute Gasteiger partial charge is 0.399 e. The molecular weight excluding hydrogens is 310 g/mol. The molecule has 1 fully saturated rings. The Morgan fingerprint density at radius 3 is 2.48 bits per heavy atom. The van der Waals surface area contributed by atoms with Gasteiger partial charge in [0.15, 0.2) is 0 Å². The number of anilines is 1. The zero-order chi connectivity index (χ0) is 15.5. The third-order valence-electron chi connectivity index (χ3n) is 3.75. The SMILES string of the molecule is CN(Cc1cc(N)ccc1Cl)S(=O)(=O)N1CCCCCC1. The number of rotatable bonds is 4. The van der Waals surface area contributed by atoms with Crippen LogP contribution in [0.4, 0.5) is 5.69 Å². The van der Waals surface area contributed by atoms with Gasteiger partial charge < -0.3 is 5.73 Å². The Kier molecular flexibility index (Phi) is 5.48. The van der Waals surface area contributed by atoms with Crippen molar-refractivity contribution in [1.82, 2.24) is 8.61 Å². The molecule has 0 bridgehead atoms. The minimum Gasteiger partial charge on any atom is -0.399 e. The average molecular weight is 332 g/mol. The van der Waals surface area contributed by atoms with E-state index in [1.807, 2.05) is 0 Å². The fourth-order valence-corrected chi connectivity index (χ4v) is 4.10. The molecule has 2 rings (SSSR count). The fourth-order valence-electron chi connectivity index (χ4n) is 2.51. The molecule has 0 unspecified atom stereocenters. The van der Waals surface area contributed by atoms with Gasteiger partial charge in [-0.1, -0.05) is 24.4 Å². The fraction of sp³-hybridized carbons (Fsp3) is 0.571. The summed E-state index contributed by atoms with van der Waals surface area (Å²) in [6.45, 7) is 1.41. The van der Waals surface area contributed by atoms with Crippen molar-refractivity contribution in [2.45, 2.75) is 32.2 Å². The van der Waals surface area contributed by atoms with Gasteiger partial charge >= 0.3 is 0 Å². The summed E-state index contributed by atoms with van der Waals surface area (Å²) in [5.74, 6) is 0. The number of hydrogen-bond acceptors (Lipinski definition) is 3. The predicted octanol–water partition coefficient (Wildman–Crippen LogP) is 2.47. The summed E-state index contributed by atoms with van der Waals surface area (Å²) in [5.41, 5.74) is 7.04. The maximum atomic E-state index is 12.6. The molecular formula is C14H22ClN3O2S. The molecule has 0 atom stereocenters. The Morgan fingerprint density at radius 2 is 1.86 bits per heavy atom. The van der Waals surface area contributed by atoms with E-state index in [0.717, 1.165) is 31.2 Å². The van der Waals surface area contributed by atoms with E-state index >= 15 is 0 Å². The van der Waals surface area contributed by atoms with Gasteiger partial charge in [-0.05, 0) is 36.6 Å². The molecule has 2 N–H and O–H groups in total. The zero-order valence-electron chi connectivity index (χ0n) is 12.3. The second kappa shape index (κ2) is 6.96. The smallest absolute Gasteiger partial charge is 0.282 e. The van der Waals surface area contributed by atoms with E-state index in [9.17, 15) is 8.42 Å². The summed E-state index contributed by atoms with van der Waals surface area (Å²) >= 11 is 6.11. The van der Waals surface area contributed by atoms with Crippen molar-refractivity contribution in [3.8, 4) is 0 Å². The summed E-state index contributed by atoms with van der Waals surface area (Å²) < 4.78 is 28.1. The molecule has 1 aliphatic rings. The van der Waals surface area contributed by atoms with Gasteiger partial charge in [0.25, 0.3) is 10.2 Å². The van der Waals surface area contributed by atoms with Crippen molar-refractivity contribution in [2.24, 2.45) is 0 Å². The number of nitrogens with two attached hydrogens (primary N) is 1. The molecule has 1 heterocycles. The minimum atomic E-state index is -3.45. The maximum Gasteiger partial charge on any atom is 0.282 e. The Hall–Kier alpha value is -0.820. The molecule has 0 amide bonds. The van der Waals surface area contributed by atoms with Crippen LogP contribution in [0.15, 0.2) is 18.2 Å². The van der Waals surface area contributed by atoms with Crippen LogP contribution in [-0.4, -0.2) is 37.2 Å². The summed E-state index contributed by atoms with van der Waals surface area (Å²) in [4.78, 5) is 0. The second-order valence-corrected chi connectivity index (χ2v) is 7.87. The molecule has 118 valence electrons. The minimum absolute atomic E-state index is 0.225. The standard InChI is InChI=1S/C14H22ClN3O2S/c1-17(11-12-10-13(16)6-7-14(12)15)21(19,20)18-8-4-2-3-5-9-18/h6-7,10H,2-5,8-9,11,16H2,1H3. The molecule has 7 heteroatoms. The average Bonchev–Trinajstić information content (AvgIpc) is 2.72. The highest BCUT2D eigenvalue weighted by atomic mass is 35.5. The summed E-state index contributed by atoms with van der Waals surface area (Å²) in [5, 5.41) is 0.530. The highest BCUT2D eigenvalue weighted by Gasteiger charge is 2.27. The maximum absolute atomic E-state index is 12.6. The molecule has 1 aromatic rings. The van der Waals surface area contributed by atoms with Crippen LogP contribution >= 0.6 is 11.6 Å².